The number of nitrogens with two attached hydrogens (primary N) is 1. The van der Waals surface area contributed by atoms with E-state index in [0.717, 1.165) is 17.4 Å². The summed E-state index contributed by atoms with van der Waals surface area (Å²) in [7, 11) is 1.61. The van der Waals surface area contributed by atoms with Crippen molar-refractivity contribution >= 4 is 11.6 Å². The zero-order chi connectivity index (χ0) is 15.2. The summed E-state index contributed by atoms with van der Waals surface area (Å²) in [5.41, 5.74) is 6.71. The predicted octanol–water partition coefficient (Wildman–Crippen LogP) is 2.39. The molecule has 0 aliphatic carbocycles. The maximum atomic E-state index is 13.3. The molecule has 0 fully saturated rings. The molecule has 0 aliphatic rings. The highest BCUT2D eigenvalue weighted by molar-refractivity contribution is 5.94. The number of nitrogen functional groups attached to an aromatic ring is 1. The molecule has 21 heavy (non-hydrogen) atoms. The van der Waals surface area contributed by atoms with Crippen molar-refractivity contribution in [3.05, 3.63) is 59.4 Å². The Labute approximate surface area is 122 Å². The molecule has 2 aromatic carbocycles. The van der Waals surface area contributed by atoms with Crippen LogP contribution in [0.15, 0.2) is 42.5 Å². The molecule has 3 N–H and O–H groups in total. The van der Waals surface area contributed by atoms with Gasteiger partial charge in [0, 0.05) is 12.1 Å². The Balaban J connectivity index is 1.90. The topological polar surface area (TPSA) is 64.3 Å². The first-order valence-electron chi connectivity index (χ1n) is 6.56. The molecule has 5 heteroatoms. The Kier molecular flexibility index (Phi) is 4.77. The van der Waals surface area contributed by atoms with Crippen LogP contribution >= 0.6 is 0 Å². The van der Waals surface area contributed by atoms with Gasteiger partial charge in [-0.2, -0.15) is 0 Å². The summed E-state index contributed by atoms with van der Waals surface area (Å²) in [5, 5.41) is 2.74. The van der Waals surface area contributed by atoms with E-state index < -0.39 is 5.82 Å². The summed E-state index contributed by atoms with van der Waals surface area (Å²) in [4.78, 5) is 11.9. The van der Waals surface area contributed by atoms with Gasteiger partial charge in [0.25, 0.3) is 5.91 Å². The Bertz CT molecular complexity index is 644. The molecule has 0 spiro atoms. The van der Waals surface area contributed by atoms with Crippen molar-refractivity contribution in [1.82, 2.24) is 5.32 Å². The van der Waals surface area contributed by atoms with Gasteiger partial charge in [-0.05, 0) is 42.3 Å². The average Bonchev–Trinajstić information content (AvgIpc) is 2.50. The number of ether oxygens (including phenoxy) is 1. The number of methoxy groups -OCH3 is 1. The second kappa shape index (κ2) is 6.74. The van der Waals surface area contributed by atoms with Gasteiger partial charge in [-0.3, -0.25) is 4.79 Å². The highest BCUT2D eigenvalue weighted by atomic mass is 19.1. The van der Waals surface area contributed by atoms with E-state index in [1.54, 1.807) is 7.11 Å². The van der Waals surface area contributed by atoms with Crippen molar-refractivity contribution in [2.24, 2.45) is 0 Å². The molecule has 0 radical (unpaired) electrons. The number of rotatable bonds is 5. The summed E-state index contributed by atoms with van der Waals surface area (Å²) in [6, 6.07) is 11.6. The van der Waals surface area contributed by atoms with E-state index in [4.69, 9.17) is 10.5 Å². The molecule has 2 rings (SSSR count). The van der Waals surface area contributed by atoms with Gasteiger partial charge in [0.2, 0.25) is 0 Å². The second-order valence-corrected chi connectivity index (χ2v) is 4.59. The number of hydrogen-bond acceptors (Lipinski definition) is 3. The van der Waals surface area contributed by atoms with E-state index in [0.29, 0.717) is 13.0 Å². The first-order valence-corrected chi connectivity index (χ1v) is 6.56. The van der Waals surface area contributed by atoms with Gasteiger partial charge in [0.1, 0.15) is 11.6 Å². The smallest absolute Gasteiger partial charge is 0.251 e. The highest BCUT2D eigenvalue weighted by Crippen LogP contribution is 2.13. The minimum absolute atomic E-state index is 0.0305. The standard InChI is InChI=1S/C16H17FN2O2/c1-21-13-4-2-3-11(9-13)7-8-19-16(20)12-5-6-15(18)14(17)10-12/h2-6,9-10H,7-8,18H2,1H3,(H,19,20). The molecule has 0 saturated heterocycles. The van der Waals surface area contributed by atoms with Gasteiger partial charge in [0.05, 0.1) is 12.8 Å². The lowest BCUT2D eigenvalue weighted by atomic mass is 10.1. The average molecular weight is 288 g/mol. The zero-order valence-corrected chi connectivity index (χ0v) is 11.7. The van der Waals surface area contributed by atoms with Crippen LogP contribution in [0.5, 0.6) is 5.75 Å². The fourth-order valence-electron chi connectivity index (χ4n) is 1.92. The third-order valence-electron chi connectivity index (χ3n) is 3.10. The molecule has 110 valence electrons. The van der Waals surface area contributed by atoms with Gasteiger partial charge in [0.15, 0.2) is 0 Å². The van der Waals surface area contributed by atoms with E-state index in [2.05, 4.69) is 5.32 Å². The van der Waals surface area contributed by atoms with Crippen LogP contribution in [0.4, 0.5) is 10.1 Å². The number of halogens is 1. The number of amides is 1. The van der Waals surface area contributed by atoms with Crippen molar-refractivity contribution in [3.8, 4) is 5.75 Å². The summed E-state index contributed by atoms with van der Waals surface area (Å²) in [6.45, 7) is 0.456. The number of carbonyl (C=O) groups excluding carboxylic acids is 1. The van der Waals surface area contributed by atoms with Crippen molar-refractivity contribution in [2.75, 3.05) is 19.4 Å². The fraction of sp³-hybridized carbons (Fsp3) is 0.188. The second-order valence-electron chi connectivity index (χ2n) is 4.59. The molecule has 0 saturated carbocycles. The SMILES string of the molecule is COc1cccc(CCNC(=O)c2ccc(N)c(F)c2)c1. The minimum atomic E-state index is -0.588. The van der Waals surface area contributed by atoms with Crippen LogP contribution in [0, 0.1) is 5.82 Å². The largest absolute Gasteiger partial charge is 0.497 e. The van der Waals surface area contributed by atoms with Crippen molar-refractivity contribution in [3.63, 3.8) is 0 Å². The van der Waals surface area contributed by atoms with Crippen LogP contribution in [-0.4, -0.2) is 19.6 Å². The Hall–Kier alpha value is -2.56. The van der Waals surface area contributed by atoms with Crippen molar-refractivity contribution < 1.29 is 13.9 Å². The van der Waals surface area contributed by atoms with Gasteiger partial charge in [-0.25, -0.2) is 4.39 Å². The van der Waals surface area contributed by atoms with Crippen LogP contribution < -0.4 is 15.8 Å². The number of nitrogens with one attached hydrogen (secondary N) is 1. The van der Waals surface area contributed by atoms with Gasteiger partial charge in [-0.1, -0.05) is 12.1 Å². The first kappa shape index (κ1) is 14.8. The maximum Gasteiger partial charge on any atom is 0.251 e. The molecule has 0 unspecified atom stereocenters. The molecule has 1 amide bonds. The van der Waals surface area contributed by atoms with Crippen molar-refractivity contribution in [2.45, 2.75) is 6.42 Å². The molecular weight excluding hydrogens is 271 g/mol. The zero-order valence-electron chi connectivity index (χ0n) is 11.7. The molecule has 4 nitrogen and oxygen atoms in total. The van der Waals surface area contributed by atoms with Crippen LogP contribution in [0.3, 0.4) is 0 Å². The minimum Gasteiger partial charge on any atom is -0.497 e. The monoisotopic (exact) mass is 288 g/mol. The van der Waals surface area contributed by atoms with Crippen LogP contribution in [-0.2, 0) is 6.42 Å². The van der Waals surface area contributed by atoms with Crippen LogP contribution in [0.2, 0.25) is 0 Å². The summed E-state index contributed by atoms with van der Waals surface area (Å²) >= 11 is 0. The maximum absolute atomic E-state index is 13.3. The van der Waals surface area contributed by atoms with Gasteiger partial charge in [-0.15, -0.1) is 0 Å². The summed E-state index contributed by atoms with van der Waals surface area (Å²) in [5.74, 6) is -0.133. The lowest BCUT2D eigenvalue weighted by molar-refractivity contribution is 0.0953. The van der Waals surface area contributed by atoms with Gasteiger partial charge < -0.3 is 15.8 Å². The number of anilines is 1. The van der Waals surface area contributed by atoms with E-state index in [1.807, 2.05) is 24.3 Å². The number of hydrogen-bond donors (Lipinski definition) is 2. The van der Waals surface area contributed by atoms with E-state index in [-0.39, 0.29) is 17.2 Å². The molecule has 0 bridgehead atoms. The first-order chi connectivity index (χ1) is 10.1. The van der Waals surface area contributed by atoms with E-state index in [1.165, 1.54) is 12.1 Å². The predicted molar refractivity (Wildman–Crippen MR) is 79.8 cm³/mol. The molecule has 0 atom stereocenters. The molecule has 0 heterocycles. The van der Waals surface area contributed by atoms with Gasteiger partial charge >= 0.3 is 0 Å². The van der Waals surface area contributed by atoms with Crippen molar-refractivity contribution in [1.29, 1.82) is 0 Å². The highest BCUT2D eigenvalue weighted by Gasteiger charge is 2.08. The lowest BCUT2D eigenvalue weighted by Crippen LogP contribution is -2.25. The Morgan fingerprint density at radius 2 is 2.10 bits per heavy atom. The lowest BCUT2D eigenvalue weighted by Gasteiger charge is -2.07. The summed E-state index contributed by atoms with van der Waals surface area (Å²) < 4.78 is 18.4. The quantitative estimate of drug-likeness (QED) is 0.830. The number of carbonyl (C=O) groups is 1. The van der Waals surface area contributed by atoms with Crippen LogP contribution in [0.1, 0.15) is 15.9 Å². The number of benzene rings is 2. The molecule has 0 aliphatic heterocycles. The molecular formula is C16H17FN2O2. The Morgan fingerprint density at radius 3 is 2.81 bits per heavy atom. The normalized spacial score (nSPS) is 10.2. The molecule has 2 aromatic rings. The van der Waals surface area contributed by atoms with E-state index in [9.17, 15) is 9.18 Å². The van der Waals surface area contributed by atoms with E-state index >= 15 is 0 Å². The third-order valence-corrected chi connectivity index (χ3v) is 3.10. The molecule has 0 aromatic heterocycles. The fourth-order valence-corrected chi connectivity index (χ4v) is 1.92. The third kappa shape index (κ3) is 3.95. The summed E-state index contributed by atoms with van der Waals surface area (Å²) in [6.07, 6.45) is 0.667. The Morgan fingerprint density at radius 1 is 1.29 bits per heavy atom. The van der Waals surface area contributed by atoms with Crippen LogP contribution in [0.25, 0.3) is 0 Å².